The third-order valence-electron chi connectivity index (χ3n) is 22.6. The van der Waals surface area contributed by atoms with E-state index in [4.69, 9.17) is 87.7 Å². The van der Waals surface area contributed by atoms with E-state index in [0.29, 0.717) is 104 Å². The molecule has 682 valence electrons. The zero-order valence-corrected chi connectivity index (χ0v) is 74.7. The van der Waals surface area contributed by atoms with Gasteiger partial charge in [0.25, 0.3) is 11.7 Å². The molecule has 0 aromatic carbocycles. The van der Waals surface area contributed by atoms with Gasteiger partial charge in [-0.1, -0.05) is 79.1 Å². The van der Waals surface area contributed by atoms with Crippen LogP contribution in [0, 0.1) is 11.8 Å². The summed E-state index contributed by atoms with van der Waals surface area (Å²) in [5.41, 5.74) is 3.60. The van der Waals surface area contributed by atoms with Crippen LogP contribution >= 0.6 is 71.8 Å². The number of methoxy groups -OCH3 is 2. The highest BCUT2D eigenvalue weighted by Crippen LogP contribution is 2.72. The fourth-order valence-electron chi connectivity index (χ4n) is 16.4. The molecule has 4 aliphatic heterocycles. The summed E-state index contributed by atoms with van der Waals surface area (Å²) in [5, 5.41) is 52.7. The van der Waals surface area contributed by atoms with Crippen LogP contribution in [0.4, 0.5) is 40.8 Å². The van der Waals surface area contributed by atoms with Crippen LogP contribution in [0.2, 0.25) is 0 Å². The van der Waals surface area contributed by atoms with E-state index < -0.39 is 126 Å². The fraction of sp³-hybridized carbons (Fsp3) is 0.708. The van der Waals surface area contributed by atoms with Gasteiger partial charge in [0.1, 0.15) is 50.1 Å². The summed E-state index contributed by atoms with van der Waals surface area (Å²) in [6, 6.07) is 1.21. The number of aliphatic hydroxyl groups excluding tert-OH is 4. The fourth-order valence-corrected chi connectivity index (χ4v) is 27.9. The number of nitrogens with zero attached hydrogens (tertiary/aromatic N) is 16. The number of imidazole rings is 4. The summed E-state index contributed by atoms with van der Waals surface area (Å²) in [7, 11) is -6.51. The molecule has 4 saturated heterocycles. The SMILES string of the molecule is CC[C@H]1O[C@@H](n2cnc3c(NC4CCCC4)nc(C=O)nc32)[C@@H](F)[C@@H]1C.CC[C@H]1O[C@@H](n2cnc3c(NC4CCCC4)nc(CO)nc32)[C@@H](F)[C@@H]1C.COCc1nc(NC2CCCC2)c2ncn([C@@H]3O[C@H](CO)[C@@H](O)[C@@H]3F)c2n1.COCc1nc(NC2CCCC2)c2ncn([C@@H]3O[C@H](COP(=O)(O)CP(=O)(O)O)[C@@H](O)[C@@H]3F)c2n1.O=P(Cl)(Cl)CP(=O)(Cl)Cl. The molecule has 1 unspecified atom stereocenters. The number of anilines is 4. The number of aliphatic hydroxyl groups is 4. The summed E-state index contributed by atoms with van der Waals surface area (Å²) in [6.07, 6.45) is 9.84. The van der Waals surface area contributed by atoms with Crippen LogP contribution in [0.3, 0.4) is 0 Å². The summed E-state index contributed by atoms with van der Waals surface area (Å²) >= 11 is 20.0. The molecule has 8 aromatic rings. The van der Waals surface area contributed by atoms with Crippen molar-refractivity contribution in [1.29, 1.82) is 0 Å². The largest absolute Gasteiger partial charge is 0.394 e. The van der Waals surface area contributed by atoms with Crippen molar-refractivity contribution in [1.82, 2.24) is 78.1 Å². The van der Waals surface area contributed by atoms with E-state index in [1.807, 2.05) is 27.7 Å². The standard InChI is InChI=1S/C18H28FN5O9P2.C18H26FN5O2.C18H24FN5O2.C17H24FN5O4.CH2Cl4O2P2/c1-31-7-12-22-16(21-10-4-2-3-5-10)14-17(23-12)24(8-20-14)18-13(19)15(25)11(33-18)6-32-35(29,30)9-34(26,27)28;2*1-3-12-10(2)14(19)18(26-12)24-9-20-15-16(21-11-6-4-5-7-11)22-13(8-25)23-17(15)24;1-26-7-11-21-15(20-9-4-2-3-5-9)13-16(22-11)23(8-19-13)17-12(18)14(25)10(6-24)27-17;2-8(3,6)1-9(4,5)7/h8,10-11,13,15,18,25H,2-7,9H2,1H3,(H,29,30)(H,21,22,23)(H2,26,27,28);9-12,14,18,25H,3-8H2,1-2H3,(H,21,22,23);8-12,14,18H,3-7H2,1-2H3,(H,21,22,23);8-10,12,14,17,24-25H,2-7H2,1H3,(H,20,21,22);1H2/t11-,13+,15-,18-;2*10-,12-,14+,18-;10-,12+,14-,17-;/m1111./s1. The van der Waals surface area contributed by atoms with Gasteiger partial charge in [-0.3, -0.25) is 41.3 Å². The van der Waals surface area contributed by atoms with E-state index in [2.05, 4.69) is 81.1 Å². The summed E-state index contributed by atoms with van der Waals surface area (Å²) in [5.74, 6) is -5.73. The molecule has 0 amide bonds. The number of rotatable bonds is 28. The lowest BCUT2D eigenvalue weighted by atomic mass is 10.00. The van der Waals surface area contributed by atoms with Gasteiger partial charge in [-0.15, -0.1) is 0 Å². The number of aldehydes is 1. The number of ether oxygens (including phenoxy) is 6. The Morgan fingerprint density at radius 3 is 1.09 bits per heavy atom. The van der Waals surface area contributed by atoms with Crippen LogP contribution in [0.5, 0.6) is 0 Å². The van der Waals surface area contributed by atoms with E-state index >= 15 is 4.39 Å². The molecule has 8 fully saturated rings. The normalized spacial score (nSPS) is 27.7. The van der Waals surface area contributed by atoms with Gasteiger partial charge in [-0.05, 0) is 109 Å². The van der Waals surface area contributed by atoms with Crippen LogP contribution in [0.15, 0.2) is 25.3 Å². The number of hydrogen-bond donors (Lipinski definition) is 11. The van der Waals surface area contributed by atoms with Gasteiger partial charge in [0.15, 0.2) is 153 Å². The average molecular weight is 1900 g/mol. The molecule has 0 radical (unpaired) electrons. The zero-order valence-electron chi connectivity index (χ0n) is 68.1. The molecule has 17 atom stereocenters. The second kappa shape index (κ2) is 42.3. The first-order chi connectivity index (χ1) is 58.5. The van der Waals surface area contributed by atoms with Crippen molar-refractivity contribution in [2.45, 2.75) is 273 Å². The van der Waals surface area contributed by atoms with Crippen molar-refractivity contribution < 1.29 is 109 Å². The molecule has 0 spiro atoms. The molecular formula is C72H104Cl4F4N20O19P4. The Bertz CT molecular complexity index is 5070. The Hall–Kier alpha value is -5.69. The Balaban J connectivity index is 0.000000146. The van der Waals surface area contributed by atoms with Crippen molar-refractivity contribution in [2.24, 2.45) is 11.8 Å². The lowest BCUT2D eigenvalue weighted by Gasteiger charge is -2.18. The number of aromatic nitrogens is 16. The molecule has 12 heterocycles. The minimum Gasteiger partial charge on any atom is -0.394 e. The lowest BCUT2D eigenvalue weighted by Crippen LogP contribution is -2.31. The number of nitrogens with one attached hydrogen (secondary N) is 4. The van der Waals surface area contributed by atoms with Crippen LogP contribution < -0.4 is 21.3 Å². The smallest absolute Gasteiger partial charge is 0.340 e. The Morgan fingerprint density at radius 1 is 0.472 bits per heavy atom. The molecule has 16 rings (SSSR count). The predicted octanol–water partition coefficient (Wildman–Crippen LogP) is 12.7. The molecule has 8 aromatic heterocycles. The second-order valence-electron chi connectivity index (χ2n) is 31.6. The highest BCUT2D eigenvalue weighted by Gasteiger charge is 2.50. The number of hydrogen-bond acceptors (Lipinski definition) is 32. The van der Waals surface area contributed by atoms with Gasteiger partial charge >= 0.3 is 15.2 Å². The summed E-state index contributed by atoms with van der Waals surface area (Å²) < 4.78 is 147. The van der Waals surface area contributed by atoms with E-state index in [1.54, 1.807) is 22.6 Å². The van der Waals surface area contributed by atoms with Gasteiger partial charge in [0.05, 0.1) is 50.7 Å². The van der Waals surface area contributed by atoms with Crippen molar-refractivity contribution in [3.63, 3.8) is 0 Å². The van der Waals surface area contributed by atoms with E-state index in [9.17, 15) is 61.5 Å². The number of carbonyl (C=O) groups excluding carboxylic acids is 1. The van der Waals surface area contributed by atoms with Crippen molar-refractivity contribution >= 4 is 146 Å². The van der Waals surface area contributed by atoms with E-state index in [0.717, 1.165) is 77.0 Å². The minimum absolute atomic E-state index is 0.0632. The van der Waals surface area contributed by atoms with Crippen LogP contribution in [-0.4, -0.2) is 244 Å². The number of carbonyl (C=O) groups is 1. The summed E-state index contributed by atoms with van der Waals surface area (Å²) in [6.45, 7) is 6.49. The first kappa shape index (κ1) is 96.4. The highest BCUT2D eigenvalue weighted by molar-refractivity contribution is 8.21. The molecular weight excluding hydrogens is 1790 g/mol. The van der Waals surface area contributed by atoms with Gasteiger partial charge in [0.2, 0.25) is 0 Å². The van der Waals surface area contributed by atoms with E-state index in [1.165, 1.54) is 73.8 Å². The summed E-state index contributed by atoms with van der Waals surface area (Å²) in [4.78, 5) is 91.5. The first-order valence-corrected chi connectivity index (χ1v) is 51.7. The molecule has 11 N–H and O–H groups in total. The monoisotopic (exact) mass is 1890 g/mol. The van der Waals surface area contributed by atoms with Crippen molar-refractivity contribution in [3.05, 3.63) is 48.6 Å². The van der Waals surface area contributed by atoms with Crippen molar-refractivity contribution in [2.75, 3.05) is 60.5 Å². The molecule has 4 saturated carbocycles. The zero-order chi connectivity index (χ0) is 88.6. The molecule has 51 heteroatoms. The van der Waals surface area contributed by atoms with Crippen LogP contribution in [0.25, 0.3) is 44.7 Å². The quantitative estimate of drug-likeness (QED) is 0.0123. The Morgan fingerprint density at radius 2 is 0.789 bits per heavy atom. The molecule has 0 bridgehead atoms. The molecule has 8 aliphatic rings. The van der Waals surface area contributed by atoms with Crippen molar-refractivity contribution in [3.8, 4) is 0 Å². The highest BCUT2D eigenvalue weighted by atomic mass is 35.9. The van der Waals surface area contributed by atoms with E-state index in [-0.39, 0.29) is 61.4 Å². The van der Waals surface area contributed by atoms with Crippen LogP contribution in [-0.2, 0) is 71.0 Å². The van der Waals surface area contributed by atoms with Gasteiger partial charge in [-0.25, -0.2) is 77.4 Å². The molecule has 4 aliphatic carbocycles. The maximum Gasteiger partial charge on any atom is 0.340 e. The predicted molar refractivity (Wildman–Crippen MR) is 447 cm³/mol. The topological polar surface area (TPSA) is 514 Å². The van der Waals surface area contributed by atoms with Gasteiger partial charge in [-0.2, -0.15) is 0 Å². The average Bonchev–Trinajstić information content (AvgIpc) is 1.66. The number of halogens is 8. The molecule has 39 nitrogen and oxygen atoms in total. The van der Waals surface area contributed by atoms with Gasteiger partial charge < -0.3 is 89.3 Å². The number of fused-ring (bicyclic) bond motifs is 4. The van der Waals surface area contributed by atoms with Gasteiger partial charge in [0, 0.05) is 50.2 Å². The first-order valence-electron chi connectivity index (χ1n) is 40.7. The maximum atomic E-state index is 15.1. The molecule has 123 heavy (non-hydrogen) atoms. The lowest BCUT2D eigenvalue weighted by molar-refractivity contribution is -0.0459. The second-order valence-corrected chi connectivity index (χ2v) is 46.6. The number of alkyl halides is 4. The Labute approximate surface area is 723 Å². The minimum atomic E-state index is -4.84. The third kappa shape index (κ3) is 23.9. The Kier molecular flexibility index (Phi) is 33.1. The van der Waals surface area contributed by atoms with Crippen LogP contribution in [0.1, 0.15) is 196 Å². The maximum absolute atomic E-state index is 15.1. The third-order valence-corrected chi connectivity index (χ3v) is 32.5.